The third-order valence-corrected chi connectivity index (χ3v) is 5.73. The zero-order valence-corrected chi connectivity index (χ0v) is 18.9. The van der Waals surface area contributed by atoms with Gasteiger partial charge < -0.3 is 0 Å². The van der Waals surface area contributed by atoms with Gasteiger partial charge in [-0.2, -0.15) is 4.68 Å². The van der Waals surface area contributed by atoms with E-state index >= 15 is 0 Å². The number of pyridine rings is 1. The maximum atomic E-state index is 4.96. The average molecular weight is 563 g/mol. The molecule has 6 heteroatoms. The molecular formula is C22H18IrN4S. The number of thiazole rings is 1. The molecule has 0 unspecified atom stereocenters. The second-order valence-corrected chi connectivity index (χ2v) is 7.92. The molecule has 2 aromatic carbocycles. The zero-order chi connectivity index (χ0) is 18.5. The van der Waals surface area contributed by atoms with Crippen molar-refractivity contribution in [2.75, 3.05) is 0 Å². The Hall–Kier alpha value is -2.40. The molecule has 141 valence electrons. The Balaban J connectivity index is 0.00000192. The van der Waals surface area contributed by atoms with Crippen LogP contribution in [0.2, 0.25) is 0 Å². The van der Waals surface area contributed by atoms with Gasteiger partial charge in [-0.1, -0.05) is 34.8 Å². The van der Waals surface area contributed by atoms with Gasteiger partial charge in [0.05, 0.1) is 10.7 Å². The van der Waals surface area contributed by atoms with Crippen molar-refractivity contribution in [3.05, 3.63) is 76.9 Å². The van der Waals surface area contributed by atoms with E-state index in [-0.39, 0.29) is 20.1 Å². The maximum Gasteiger partial charge on any atom is 0.338 e. The van der Waals surface area contributed by atoms with E-state index in [4.69, 9.17) is 9.97 Å². The van der Waals surface area contributed by atoms with Gasteiger partial charge >= 0.3 is 5.65 Å². The number of aromatic nitrogens is 4. The number of benzene rings is 2. The van der Waals surface area contributed by atoms with Crippen LogP contribution in [-0.2, 0) is 20.1 Å². The van der Waals surface area contributed by atoms with Crippen LogP contribution < -0.4 is 4.52 Å². The van der Waals surface area contributed by atoms with Crippen LogP contribution >= 0.6 is 11.3 Å². The Kier molecular flexibility index (Phi) is 4.87. The molecule has 0 saturated heterocycles. The summed E-state index contributed by atoms with van der Waals surface area (Å²) in [7, 11) is 0. The van der Waals surface area contributed by atoms with E-state index in [2.05, 4.69) is 53.4 Å². The van der Waals surface area contributed by atoms with E-state index in [0.29, 0.717) is 0 Å². The predicted octanol–water partition coefficient (Wildman–Crippen LogP) is 4.61. The van der Waals surface area contributed by atoms with Crippen molar-refractivity contribution < 1.29 is 24.6 Å². The first-order chi connectivity index (χ1) is 13.1. The minimum atomic E-state index is 0. The molecule has 3 heterocycles. The molecule has 0 aliphatic rings. The topological polar surface area (TPSA) is 34.8 Å². The van der Waals surface area contributed by atoms with Crippen LogP contribution in [0, 0.1) is 26.8 Å². The first-order valence-electron chi connectivity index (χ1n) is 8.88. The Labute approximate surface area is 180 Å². The van der Waals surface area contributed by atoms with Gasteiger partial charge in [-0.3, -0.25) is 4.98 Å². The van der Waals surface area contributed by atoms with E-state index in [1.165, 1.54) is 11.1 Å². The van der Waals surface area contributed by atoms with E-state index in [9.17, 15) is 0 Å². The van der Waals surface area contributed by atoms with Gasteiger partial charge in [-0.05, 0) is 42.7 Å². The summed E-state index contributed by atoms with van der Waals surface area (Å²) in [5, 5.41) is 1.05. The molecule has 0 spiro atoms. The minimum Gasteiger partial charge on any atom is -0.290 e. The van der Waals surface area contributed by atoms with Gasteiger partial charge in [0.2, 0.25) is 5.82 Å². The molecule has 0 fully saturated rings. The van der Waals surface area contributed by atoms with Gasteiger partial charge in [0.15, 0.2) is 0 Å². The number of nitrogens with zero attached hydrogens (tertiary/aromatic N) is 4. The smallest absolute Gasteiger partial charge is 0.290 e. The Bertz CT molecular complexity index is 1300. The summed E-state index contributed by atoms with van der Waals surface area (Å²) in [5.41, 5.74) is 6.34. The van der Waals surface area contributed by atoms with Crippen LogP contribution in [0.25, 0.3) is 32.9 Å². The normalized spacial score (nSPS) is 11.1. The van der Waals surface area contributed by atoms with Gasteiger partial charge in [-0.15, -0.1) is 34.1 Å². The van der Waals surface area contributed by atoms with Crippen molar-refractivity contribution in [2.45, 2.75) is 20.8 Å². The fourth-order valence-electron chi connectivity index (χ4n) is 3.63. The standard InChI is InChI=1S/C22H18N4S.Ir/c1-14-8-6-9-15(2)21(14)26-22(24-19-12-4-5-13-25(19)26)17-10-7-11-18-20(17)23-16(3)27-18;/h4-9,11-13H,1-3H3;. The van der Waals surface area contributed by atoms with Crippen LogP contribution in [0.4, 0.5) is 0 Å². The molecule has 0 aliphatic carbocycles. The van der Waals surface area contributed by atoms with Crippen molar-refractivity contribution in [3.8, 4) is 17.1 Å². The van der Waals surface area contributed by atoms with Gasteiger partial charge in [-0.25, -0.2) is 0 Å². The fraction of sp³-hybridized carbons (Fsp3) is 0.136. The molecule has 0 N–H and O–H groups in total. The van der Waals surface area contributed by atoms with Crippen molar-refractivity contribution in [2.24, 2.45) is 0 Å². The summed E-state index contributed by atoms with van der Waals surface area (Å²) in [5.74, 6) is 0.856. The second kappa shape index (κ2) is 7.21. The van der Waals surface area contributed by atoms with Gasteiger partial charge in [0.1, 0.15) is 6.20 Å². The molecular weight excluding hydrogens is 545 g/mol. The first kappa shape index (κ1) is 18.9. The molecule has 4 nitrogen and oxygen atoms in total. The number of rotatable bonds is 2. The van der Waals surface area contributed by atoms with Crippen LogP contribution in [0.5, 0.6) is 0 Å². The van der Waals surface area contributed by atoms with Crippen molar-refractivity contribution >= 4 is 27.2 Å². The molecule has 0 atom stereocenters. The van der Waals surface area contributed by atoms with Gasteiger partial charge in [0, 0.05) is 31.7 Å². The first-order valence-corrected chi connectivity index (χ1v) is 9.69. The minimum absolute atomic E-state index is 0. The molecule has 0 aliphatic heterocycles. The number of aryl methyl sites for hydroxylation is 3. The third-order valence-electron chi connectivity index (χ3n) is 4.79. The van der Waals surface area contributed by atoms with Crippen molar-refractivity contribution in [1.82, 2.24) is 14.6 Å². The molecule has 5 rings (SSSR count). The van der Waals surface area contributed by atoms with Crippen molar-refractivity contribution in [1.29, 1.82) is 0 Å². The molecule has 0 saturated carbocycles. The van der Waals surface area contributed by atoms with E-state index < -0.39 is 0 Å². The molecule has 5 aromatic rings. The average Bonchev–Trinajstić information content (AvgIpc) is 3.21. The summed E-state index contributed by atoms with van der Waals surface area (Å²) < 4.78 is 5.43. The number of para-hydroxylation sites is 1. The Morgan fingerprint density at radius 2 is 1.75 bits per heavy atom. The zero-order valence-electron chi connectivity index (χ0n) is 15.7. The maximum absolute atomic E-state index is 4.96. The molecule has 0 amide bonds. The molecule has 28 heavy (non-hydrogen) atoms. The van der Waals surface area contributed by atoms with Crippen LogP contribution in [-0.4, -0.2) is 14.6 Å². The molecule has 3 aromatic heterocycles. The summed E-state index contributed by atoms with van der Waals surface area (Å²) >= 11 is 1.70. The second-order valence-electron chi connectivity index (χ2n) is 6.69. The SMILES string of the molecule is Cc1nc2c(-c3nc4cccc[n+]4n3-c3c(C)cccc3C)[c-]ccc2s1.[Ir]. The number of fused-ring (bicyclic) bond motifs is 2. The van der Waals surface area contributed by atoms with Crippen LogP contribution in [0.3, 0.4) is 0 Å². The largest absolute Gasteiger partial charge is 0.338 e. The predicted molar refractivity (Wildman–Crippen MR) is 108 cm³/mol. The van der Waals surface area contributed by atoms with Crippen LogP contribution in [0.1, 0.15) is 16.1 Å². The third kappa shape index (κ3) is 2.89. The quantitative estimate of drug-likeness (QED) is 0.233. The number of hydrogen-bond donors (Lipinski definition) is 0. The summed E-state index contributed by atoms with van der Waals surface area (Å²) in [6.45, 7) is 6.31. The molecule has 0 bridgehead atoms. The fourth-order valence-corrected chi connectivity index (χ4v) is 4.47. The Morgan fingerprint density at radius 3 is 2.54 bits per heavy atom. The van der Waals surface area contributed by atoms with E-state index in [0.717, 1.165) is 37.9 Å². The molecule has 1 radical (unpaired) electrons. The monoisotopic (exact) mass is 563 g/mol. The summed E-state index contributed by atoms with van der Waals surface area (Å²) in [6, 6.07) is 19.9. The van der Waals surface area contributed by atoms with Crippen molar-refractivity contribution in [3.63, 3.8) is 0 Å². The summed E-state index contributed by atoms with van der Waals surface area (Å²) in [6.07, 6.45) is 2.05. The van der Waals surface area contributed by atoms with Gasteiger partial charge in [0.25, 0.3) is 0 Å². The van der Waals surface area contributed by atoms with E-state index in [1.54, 1.807) is 11.3 Å². The summed E-state index contributed by atoms with van der Waals surface area (Å²) in [4.78, 5) is 9.72. The number of hydrogen-bond acceptors (Lipinski definition) is 3. The Morgan fingerprint density at radius 1 is 0.964 bits per heavy atom. The van der Waals surface area contributed by atoms with E-state index in [1.807, 2.05) is 37.4 Å². The van der Waals surface area contributed by atoms with Crippen LogP contribution in [0.15, 0.2) is 54.7 Å².